The molecule has 0 aliphatic heterocycles. The molecule has 2 unspecified atom stereocenters. The highest BCUT2D eigenvalue weighted by molar-refractivity contribution is 5.42. The fraction of sp³-hybridized carbons (Fsp3) is 0.417. The van der Waals surface area contributed by atoms with Gasteiger partial charge in [0.15, 0.2) is 0 Å². The van der Waals surface area contributed by atoms with E-state index in [0.29, 0.717) is 29.3 Å². The summed E-state index contributed by atoms with van der Waals surface area (Å²) >= 11 is 0. The van der Waals surface area contributed by atoms with Crippen molar-refractivity contribution in [3.63, 3.8) is 0 Å². The van der Waals surface area contributed by atoms with E-state index in [1.165, 1.54) is 43.2 Å². The molecule has 1 saturated carbocycles. The van der Waals surface area contributed by atoms with E-state index < -0.39 is 0 Å². The van der Waals surface area contributed by atoms with Gasteiger partial charge in [-0.25, -0.2) is 0 Å². The molecule has 136 valence electrons. The number of allylic oxidation sites excluding steroid dienone is 2. The molecule has 0 radical (unpaired) electrons. The van der Waals surface area contributed by atoms with Gasteiger partial charge in [-0.2, -0.15) is 0 Å². The van der Waals surface area contributed by atoms with Gasteiger partial charge in [0.25, 0.3) is 0 Å². The van der Waals surface area contributed by atoms with Crippen LogP contribution in [-0.4, -0.2) is 10.2 Å². The lowest BCUT2D eigenvalue weighted by Crippen LogP contribution is -2.09. The van der Waals surface area contributed by atoms with Crippen LogP contribution in [0, 0.1) is 0 Å². The van der Waals surface area contributed by atoms with Crippen molar-refractivity contribution in [3.05, 3.63) is 71.3 Å². The van der Waals surface area contributed by atoms with E-state index in [0.717, 1.165) is 18.4 Å². The number of phenolic OH excluding ortho intramolecular Hbond substituents is 2. The molecule has 0 spiro atoms. The average molecular weight is 348 g/mol. The fourth-order valence-corrected chi connectivity index (χ4v) is 4.64. The Labute approximate surface area is 156 Å². The molecule has 2 atom stereocenters. The highest BCUT2D eigenvalue weighted by Gasteiger charge is 2.22. The molecule has 0 amide bonds. The minimum atomic E-state index is 0.325. The van der Waals surface area contributed by atoms with E-state index in [2.05, 4.69) is 24.3 Å². The molecular weight excluding hydrogens is 320 g/mol. The van der Waals surface area contributed by atoms with Crippen LogP contribution in [0.2, 0.25) is 0 Å². The quantitative estimate of drug-likeness (QED) is 0.633. The number of phenols is 2. The van der Waals surface area contributed by atoms with E-state index in [1.54, 1.807) is 12.1 Å². The van der Waals surface area contributed by atoms with E-state index in [1.807, 2.05) is 18.2 Å². The van der Waals surface area contributed by atoms with Crippen LogP contribution in [0.3, 0.4) is 0 Å². The summed E-state index contributed by atoms with van der Waals surface area (Å²) in [6.45, 7) is 0. The topological polar surface area (TPSA) is 40.5 Å². The van der Waals surface area contributed by atoms with E-state index in [-0.39, 0.29) is 0 Å². The van der Waals surface area contributed by atoms with Gasteiger partial charge in [0, 0.05) is 11.8 Å². The second-order valence-electron chi connectivity index (χ2n) is 7.92. The number of benzene rings is 2. The van der Waals surface area contributed by atoms with Gasteiger partial charge < -0.3 is 10.2 Å². The van der Waals surface area contributed by atoms with Gasteiger partial charge in [-0.1, -0.05) is 55.7 Å². The summed E-state index contributed by atoms with van der Waals surface area (Å²) in [4.78, 5) is 0. The van der Waals surface area contributed by atoms with Crippen molar-refractivity contribution < 1.29 is 10.2 Å². The third kappa shape index (κ3) is 3.65. The molecule has 2 aliphatic carbocycles. The lowest BCUT2D eigenvalue weighted by atomic mass is 9.79. The van der Waals surface area contributed by atoms with Crippen LogP contribution in [0.15, 0.2) is 54.6 Å². The molecule has 4 rings (SSSR count). The third-order valence-electron chi connectivity index (χ3n) is 6.21. The first-order valence-electron chi connectivity index (χ1n) is 10.0. The van der Waals surface area contributed by atoms with Crippen LogP contribution in [0.25, 0.3) is 0 Å². The molecule has 0 aromatic heterocycles. The minimum Gasteiger partial charge on any atom is -0.508 e. The molecule has 2 heteroatoms. The zero-order valence-electron chi connectivity index (χ0n) is 15.3. The number of hydrogen-bond acceptors (Lipinski definition) is 2. The molecule has 2 nitrogen and oxygen atoms in total. The van der Waals surface area contributed by atoms with E-state index in [9.17, 15) is 10.2 Å². The Balaban J connectivity index is 1.51. The monoisotopic (exact) mass is 348 g/mol. The van der Waals surface area contributed by atoms with E-state index >= 15 is 0 Å². The van der Waals surface area contributed by atoms with Crippen molar-refractivity contribution in [2.75, 3.05) is 0 Å². The van der Waals surface area contributed by atoms with Crippen molar-refractivity contribution in [1.82, 2.24) is 0 Å². The molecule has 2 aromatic carbocycles. The van der Waals surface area contributed by atoms with Gasteiger partial charge in [-0.3, -0.25) is 0 Å². The largest absolute Gasteiger partial charge is 0.508 e. The molecular formula is C24H28O2. The van der Waals surface area contributed by atoms with Crippen LogP contribution in [-0.2, 0) is 0 Å². The van der Waals surface area contributed by atoms with Crippen molar-refractivity contribution >= 4 is 0 Å². The maximum Gasteiger partial charge on any atom is 0.119 e. The Morgan fingerprint density at radius 1 is 0.654 bits per heavy atom. The molecule has 1 fully saturated rings. The molecule has 0 heterocycles. The number of aromatic hydroxyl groups is 2. The first-order chi connectivity index (χ1) is 12.7. The zero-order valence-corrected chi connectivity index (χ0v) is 15.3. The zero-order chi connectivity index (χ0) is 17.9. The number of rotatable bonds is 3. The summed E-state index contributed by atoms with van der Waals surface area (Å²) in [5.41, 5.74) is 3.77. The van der Waals surface area contributed by atoms with Gasteiger partial charge in [0.05, 0.1) is 0 Å². The van der Waals surface area contributed by atoms with Gasteiger partial charge in [0.1, 0.15) is 11.5 Å². The van der Waals surface area contributed by atoms with Gasteiger partial charge in [-0.15, -0.1) is 0 Å². The fourth-order valence-electron chi connectivity index (χ4n) is 4.64. The minimum absolute atomic E-state index is 0.325. The smallest absolute Gasteiger partial charge is 0.119 e. The Kier molecular flexibility index (Phi) is 5.01. The summed E-state index contributed by atoms with van der Waals surface area (Å²) in [5, 5.41) is 19.8. The lowest BCUT2D eigenvalue weighted by molar-refractivity contribution is 0.413. The molecule has 2 N–H and O–H groups in total. The van der Waals surface area contributed by atoms with Crippen LogP contribution in [0.4, 0.5) is 0 Å². The van der Waals surface area contributed by atoms with Crippen LogP contribution < -0.4 is 0 Å². The van der Waals surface area contributed by atoms with Crippen molar-refractivity contribution in [3.8, 4) is 11.5 Å². The first kappa shape index (κ1) is 17.2. The van der Waals surface area contributed by atoms with Crippen molar-refractivity contribution in [2.45, 2.75) is 62.7 Å². The van der Waals surface area contributed by atoms with Gasteiger partial charge >= 0.3 is 0 Å². The van der Waals surface area contributed by atoms with Crippen LogP contribution >= 0.6 is 0 Å². The summed E-state index contributed by atoms with van der Waals surface area (Å²) in [5.74, 6) is 2.20. The maximum atomic E-state index is 10.4. The molecule has 0 bridgehead atoms. The Morgan fingerprint density at radius 3 is 1.92 bits per heavy atom. The van der Waals surface area contributed by atoms with Crippen molar-refractivity contribution in [1.29, 1.82) is 0 Å². The Hall–Kier alpha value is -2.22. The van der Waals surface area contributed by atoms with Crippen LogP contribution in [0.5, 0.6) is 11.5 Å². The SMILES string of the molecule is Oc1ccc(C2C=CC(c3ccc(O)c(C4CCCCC4)c3)CC2)cc1. The third-order valence-corrected chi connectivity index (χ3v) is 6.21. The molecule has 26 heavy (non-hydrogen) atoms. The standard InChI is InChI=1S/C24H28O2/c25-22-13-10-18(11-14-22)17-6-8-19(9-7-17)21-12-15-24(26)23(16-21)20-4-2-1-3-5-20/h6,8,10-17,19-20,25-26H,1-5,7,9H2. The highest BCUT2D eigenvalue weighted by Crippen LogP contribution is 2.41. The van der Waals surface area contributed by atoms with E-state index in [4.69, 9.17) is 0 Å². The molecule has 0 saturated heterocycles. The van der Waals surface area contributed by atoms with Crippen LogP contribution in [0.1, 0.15) is 79.4 Å². The maximum absolute atomic E-state index is 10.4. The predicted molar refractivity (Wildman–Crippen MR) is 106 cm³/mol. The predicted octanol–water partition coefficient (Wildman–Crippen LogP) is 6.36. The van der Waals surface area contributed by atoms with Gasteiger partial charge in [-0.05, 0) is 66.5 Å². The Bertz CT molecular complexity index is 769. The normalized spacial score (nSPS) is 23.8. The highest BCUT2D eigenvalue weighted by atomic mass is 16.3. The summed E-state index contributed by atoms with van der Waals surface area (Å²) in [6, 6.07) is 13.8. The van der Waals surface area contributed by atoms with Crippen molar-refractivity contribution in [2.24, 2.45) is 0 Å². The molecule has 2 aromatic rings. The average Bonchev–Trinajstić information content (AvgIpc) is 2.70. The second-order valence-corrected chi connectivity index (χ2v) is 7.92. The summed E-state index contributed by atoms with van der Waals surface area (Å²) in [7, 11) is 0. The first-order valence-corrected chi connectivity index (χ1v) is 10.0. The van der Waals surface area contributed by atoms with Gasteiger partial charge in [0.2, 0.25) is 0 Å². The Morgan fingerprint density at radius 2 is 1.27 bits per heavy atom. The second kappa shape index (κ2) is 7.57. The number of hydrogen-bond donors (Lipinski definition) is 2. The summed E-state index contributed by atoms with van der Waals surface area (Å²) < 4.78 is 0. The lowest BCUT2D eigenvalue weighted by Gasteiger charge is -2.26. The molecule has 2 aliphatic rings. The summed E-state index contributed by atoms with van der Waals surface area (Å²) in [6.07, 6.45) is 13.2.